The van der Waals surface area contributed by atoms with E-state index in [2.05, 4.69) is 12.2 Å². The van der Waals surface area contributed by atoms with Crippen LogP contribution in [0, 0.1) is 0 Å². The molecule has 1 saturated heterocycles. The molecule has 25 heavy (non-hydrogen) atoms. The molecule has 1 aromatic rings. The first kappa shape index (κ1) is 19.9. The number of nitrogens with two attached hydrogens (primary N) is 1. The second kappa shape index (κ2) is 9.31. The Kier molecular flexibility index (Phi) is 7.40. The van der Waals surface area contributed by atoms with E-state index in [0.29, 0.717) is 25.2 Å². The van der Waals surface area contributed by atoms with Crippen molar-refractivity contribution in [2.45, 2.75) is 56.4 Å². The maximum absolute atomic E-state index is 12.8. The smallest absolute Gasteiger partial charge is 0.251 e. The number of amides is 1. The Labute approximate surface area is 150 Å². The summed E-state index contributed by atoms with van der Waals surface area (Å²) in [5.74, 6) is -0.276. The Morgan fingerprint density at radius 2 is 2.00 bits per heavy atom. The number of carbonyl (C=O) groups is 1. The van der Waals surface area contributed by atoms with Crippen LogP contribution in [0.15, 0.2) is 29.2 Å². The number of nitrogens with zero attached hydrogens (tertiary/aromatic N) is 1. The van der Waals surface area contributed by atoms with Crippen molar-refractivity contribution in [2.75, 3.05) is 19.6 Å². The zero-order valence-electron chi connectivity index (χ0n) is 14.9. The number of benzene rings is 1. The van der Waals surface area contributed by atoms with E-state index in [1.165, 1.54) is 10.4 Å². The van der Waals surface area contributed by atoms with Gasteiger partial charge in [0.1, 0.15) is 0 Å². The van der Waals surface area contributed by atoms with Crippen LogP contribution in [0.4, 0.5) is 0 Å². The molecule has 0 bridgehead atoms. The normalized spacial score (nSPS) is 17.2. The quantitative estimate of drug-likeness (QED) is 0.736. The molecule has 0 aromatic heterocycles. The molecule has 1 aliphatic rings. The Balaban J connectivity index is 2.13. The highest BCUT2D eigenvalue weighted by atomic mass is 32.2. The molecule has 1 amide bonds. The van der Waals surface area contributed by atoms with E-state index < -0.39 is 10.0 Å². The fourth-order valence-corrected chi connectivity index (χ4v) is 4.58. The molecule has 3 N–H and O–H groups in total. The largest absolute Gasteiger partial charge is 0.348 e. The number of sulfonamides is 1. The second-order valence-corrected chi connectivity index (χ2v) is 8.48. The first-order chi connectivity index (χ1) is 12.0. The minimum absolute atomic E-state index is 0.0881. The van der Waals surface area contributed by atoms with Crippen molar-refractivity contribution >= 4 is 15.9 Å². The second-order valence-electron chi connectivity index (χ2n) is 6.54. The van der Waals surface area contributed by atoms with Crippen LogP contribution in [-0.2, 0) is 10.0 Å². The lowest BCUT2D eigenvalue weighted by Crippen LogP contribution is -2.40. The molecule has 1 heterocycles. The third kappa shape index (κ3) is 5.26. The summed E-state index contributed by atoms with van der Waals surface area (Å²) in [7, 11) is -3.54. The predicted molar refractivity (Wildman–Crippen MR) is 98.9 cm³/mol. The number of piperidine rings is 1. The highest BCUT2D eigenvalue weighted by Gasteiger charge is 2.26. The third-order valence-corrected chi connectivity index (χ3v) is 6.47. The first-order valence-corrected chi connectivity index (χ1v) is 10.5. The molecule has 0 radical (unpaired) electrons. The van der Waals surface area contributed by atoms with Crippen LogP contribution in [0.1, 0.15) is 55.8 Å². The van der Waals surface area contributed by atoms with E-state index in [1.54, 1.807) is 18.2 Å². The molecular weight excluding hydrogens is 338 g/mol. The number of rotatable bonds is 8. The highest BCUT2D eigenvalue weighted by Crippen LogP contribution is 2.21. The SMILES string of the molecule is CCCCC(CN)NC(=O)c1cccc(S(=O)(=O)N2CCCCC2)c1. The predicted octanol–water partition coefficient (Wildman–Crippen LogP) is 2.11. The first-order valence-electron chi connectivity index (χ1n) is 9.10. The molecule has 1 aromatic carbocycles. The molecule has 1 unspecified atom stereocenters. The van der Waals surface area contributed by atoms with Crippen molar-refractivity contribution < 1.29 is 13.2 Å². The summed E-state index contributed by atoms with van der Waals surface area (Å²) in [4.78, 5) is 12.6. The maximum Gasteiger partial charge on any atom is 0.251 e. The van der Waals surface area contributed by atoms with E-state index in [4.69, 9.17) is 5.73 Å². The van der Waals surface area contributed by atoms with Gasteiger partial charge in [-0.15, -0.1) is 0 Å². The van der Waals surface area contributed by atoms with Crippen LogP contribution in [0.3, 0.4) is 0 Å². The standard InChI is InChI=1S/C18H29N3O3S/c1-2-3-9-16(14-19)20-18(22)15-8-7-10-17(13-15)25(23,24)21-11-5-4-6-12-21/h7-8,10,13,16H,2-6,9,11-12,14,19H2,1H3,(H,20,22). The third-order valence-electron chi connectivity index (χ3n) is 4.57. The maximum atomic E-state index is 12.8. The van der Waals surface area contributed by atoms with E-state index in [9.17, 15) is 13.2 Å². The lowest BCUT2D eigenvalue weighted by atomic mass is 10.1. The van der Waals surface area contributed by atoms with E-state index in [-0.39, 0.29) is 16.8 Å². The van der Waals surface area contributed by atoms with Crippen LogP contribution in [0.25, 0.3) is 0 Å². The van der Waals surface area contributed by atoms with Crippen molar-refractivity contribution in [3.63, 3.8) is 0 Å². The van der Waals surface area contributed by atoms with Crippen molar-refractivity contribution in [3.8, 4) is 0 Å². The molecule has 0 spiro atoms. The number of nitrogens with one attached hydrogen (secondary N) is 1. The Hall–Kier alpha value is -1.44. The molecule has 1 atom stereocenters. The number of carbonyl (C=O) groups excluding carboxylic acids is 1. The van der Waals surface area contributed by atoms with Gasteiger partial charge in [0.25, 0.3) is 5.91 Å². The zero-order chi connectivity index (χ0) is 18.3. The van der Waals surface area contributed by atoms with Gasteiger partial charge >= 0.3 is 0 Å². The minimum atomic E-state index is -3.54. The fraction of sp³-hybridized carbons (Fsp3) is 0.611. The van der Waals surface area contributed by atoms with Crippen molar-refractivity contribution in [1.82, 2.24) is 9.62 Å². The number of hydrogen-bond acceptors (Lipinski definition) is 4. The lowest BCUT2D eigenvalue weighted by Gasteiger charge is -2.26. The molecule has 1 aliphatic heterocycles. The molecule has 6 nitrogen and oxygen atoms in total. The summed E-state index contributed by atoms with van der Waals surface area (Å²) in [6, 6.07) is 6.19. The highest BCUT2D eigenvalue weighted by molar-refractivity contribution is 7.89. The van der Waals surface area contributed by atoms with Gasteiger partial charge in [0.05, 0.1) is 4.90 Å². The van der Waals surface area contributed by atoms with Gasteiger partial charge in [-0.3, -0.25) is 4.79 Å². The van der Waals surface area contributed by atoms with Gasteiger partial charge in [-0.25, -0.2) is 8.42 Å². The van der Waals surface area contributed by atoms with E-state index in [0.717, 1.165) is 38.5 Å². The fourth-order valence-electron chi connectivity index (χ4n) is 3.02. The van der Waals surface area contributed by atoms with Gasteiger partial charge in [-0.1, -0.05) is 32.3 Å². The number of unbranched alkanes of at least 4 members (excludes halogenated alkanes) is 1. The Morgan fingerprint density at radius 3 is 2.64 bits per heavy atom. The zero-order valence-corrected chi connectivity index (χ0v) is 15.7. The summed E-state index contributed by atoms with van der Waals surface area (Å²) in [6.07, 6.45) is 5.68. The van der Waals surface area contributed by atoms with Gasteiger partial charge in [-0.05, 0) is 37.5 Å². The van der Waals surface area contributed by atoms with Gasteiger partial charge < -0.3 is 11.1 Å². The van der Waals surface area contributed by atoms with Crippen LogP contribution in [-0.4, -0.2) is 44.3 Å². The van der Waals surface area contributed by atoms with E-state index >= 15 is 0 Å². The molecule has 140 valence electrons. The van der Waals surface area contributed by atoms with Crippen LogP contribution < -0.4 is 11.1 Å². The van der Waals surface area contributed by atoms with Crippen LogP contribution in [0.5, 0.6) is 0 Å². The van der Waals surface area contributed by atoms with Gasteiger partial charge in [-0.2, -0.15) is 4.31 Å². The molecule has 7 heteroatoms. The molecule has 1 fully saturated rings. The molecule has 0 aliphatic carbocycles. The Bertz CT molecular complexity index is 670. The molecule has 2 rings (SSSR count). The summed E-state index contributed by atoms with van der Waals surface area (Å²) in [5.41, 5.74) is 6.07. The summed E-state index contributed by atoms with van der Waals surface area (Å²) < 4.78 is 27.0. The summed E-state index contributed by atoms with van der Waals surface area (Å²) in [6.45, 7) is 3.55. The number of hydrogen-bond donors (Lipinski definition) is 2. The monoisotopic (exact) mass is 367 g/mol. The van der Waals surface area contributed by atoms with E-state index in [1.807, 2.05) is 0 Å². The Morgan fingerprint density at radius 1 is 1.28 bits per heavy atom. The molecule has 0 saturated carbocycles. The minimum Gasteiger partial charge on any atom is -0.348 e. The van der Waals surface area contributed by atoms with Crippen molar-refractivity contribution in [3.05, 3.63) is 29.8 Å². The van der Waals surface area contributed by atoms with Crippen molar-refractivity contribution in [1.29, 1.82) is 0 Å². The average Bonchev–Trinajstić information content (AvgIpc) is 2.65. The topological polar surface area (TPSA) is 92.5 Å². The summed E-state index contributed by atoms with van der Waals surface area (Å²) in [5, 5.41) is 2.90. The lowest BCUT2D eigenvalue weighted by molar-refractivity contribution is 0.0935. The van der Waals surface area contributed by atoms with Gasteiger partial charge in [0.2, 0.25) is 10.0 Å². The van der Waals surface area contributed by atoms with Crippen molar-refractivity contribution in [2.24, 2.45) is 5.73 Å². The van der Waals surface area contributed by atoms with Crippen LogP contribution >= 0.6 is 0 Å². The van der Waals surface area contributed by atoms with Gasteiger partial charge in [0.15, 0.2) is 0 Å². The van der Waals surface area contributed by atoms with Gasteiger partial charge in [0, 0.05) is 31.2 Å². The molecular formula is C18H29N3O3S. The van der Waals surface area contributed by atoms with Crippen LogP contribution in [0.2, 0.25) is 0 Å². The summed E-state index contributed by atoms with van der Waals surface area (Å²) >= 11 is 0. The average molecular weight is 368 g/mol.